The zero-order chi connectivity index (χ0) is 18.1. The van der Waals surface area contributed by atoms with Crippen LogP contribution in [0.3, 0.4) is 0 Å². The molecule has 0 aromatic heterocycles. The van der Waals surface area contributed by atoms with Crippen LogP contribution in [0.2, 0.25) is 0 Å². The molecule has 5 heteroatoms. The van der Waals surface area contributed by atoms with Gasteiger partial charge in [0.15, 0.2) is 0 Å². The molecule has 0 bridgehead atoms. The van der Waals surface area contributed by atoms with E-state index in [2.05, 4.69) is 18.8 Å². The molecule has 0 saturated carbocycles. The molecule has 3 nitrogen and oxygen atoms in total. The van der Waals surface area contributed by atoms with Crippen molar-refractivity contribution in [2.75, 3.05) is 13.1 Å². The zero-order valence-corrected chi connectivity index (χ0v) is 15.6. The van der Waals surface area contributed by atoms with Crippen LogP contribution in [-0.4, -0.2) is 25.8 Å². The number of benzene rings is 1. The van der Waals surface area contributed by atoms with Gasteiger partial charge in [-0.25, -0.2) is 12.8 Å². The second kappa shape index (κ2) is 9.74. The third-order valence-corrected chi connectivity index (χ3v) is 6.23. The molecular weight excluding hydrogens is 337 g/mol. The van der Waals surface area contributed by atoms with Crippen molar-refractivity contribution in [3.8, 4) is 11.8 Å². The number of hydrogen-bond donors (Lipinski definition) is 0. The van der Waals surface area contributed by atoms with Crippen LogP contribution in [-0.2, 0) is 10.0 Å². The number of hydrogen-bond acceptors (Lipinski definition) is 2. The van der Waals surface area contributed by atoms with Crippen LogP contribution in [0.4, 0.5) is 4.39 Å². The van der Waals surface area contributed by atoms with Gasteiger partial charge in [0.2, 0.25) is 10.0 Å². The van der Waals surface area contributed by atoms with Crippen LogP contribution < -0.4 is 0 Å². The first-order valence-electron chi connectivity index (χ1n) is 9.00. The van der Waals surface area contributed by atoms with E-state index in [4.69, 9.17) is 0 Å². The summed E-state index contributed by atoms with van der Waals surface area (Å²) in [6.45, 7) is 3.20. The Labute approximate surface area is 151 Å². The van der Waals surface area contributed by atoms with Gasteiger partial charge < -0.3 is 0 Å². The Bertz CT molecular complexity index is 736. The maximum Gasteiger partial charge on any atom is 0.244 e. The molecule has 25 heavy (non-hydrogen) atoms. The first-order valence-corrected chi connectivity index (χ1v) is 10.4. The number of piperidine rings is 1. The third-order valence-electron chi connectivity index (χ3n) is 4.27. The monoisotopic (exact) mass is 363 g/mol. The van der Waals surface area contributed by atoms with Crippen LogP contribution in [0.1, 0.15) is 57.4 Å². The normalized spacial score (nSPS) is 16.3. The fourth-order valence-electron chi connectivity index (χ4n) is 2.82. The smallest absolute Gasteiger partial charge is 0.207 e. The lowest BCUT2D eigenvalue weighted by atomic mass is 10.2. The minimum Gasteiger partial charge on any atom is -0.207 e. The van der Waals surface area contributed by atoms with Gasteiger partial charge in [-0.15, -0.1) is 0 Å². The molecule has 0 unspecified atom stereocenters. The molecular formula is C20H26FNO2S. The zero-order valence-electron chi connectivity index (χ0n) is 14.8. The van der Waals surface area contributed by atoms with E-state index in [9.17, 15) is 12.8 Å². The van der Waals surface area contributed by atoms with Gasteiger partial charge in [0.25, 0.3) is 0 Å². The molecule has 0 atom stereocenters. The summed E-state index contributed by atoms with van der Waals surface area (Å²) in [4.78, 5) is 0.164. The number of sulfonamides is 1. The van der Waals surface area contributed by atoms with Gasteiger partial charge in [-0.2, -0.15) is 4.31 Å². The molecule has 1 heterocycles. The molecule has 2 rings (SSSR count). The summed E-state index contributed by atoms with van der Waals surface area (Å²) < 4.78 is 40.8. The Morgan fingerprint density at radius 2 is 1.84 bits per heavy atom. The molecule has 0 spiro atoms. The van der Waals surface area contributed by atoms with Crippen molar-refractivity contribution >= 4 is 14.9 Å². The summed E-state index contributed by atoms with van der Waals surface area (Å²) in [6.07, 6.45) is 8.29. The number of unbranched alkanes of at least 4 members (excludes halogenated alkanes) is 3. The lowest BCUT2D eigenvalue weighted by Gasteiger charge is -2.26. The quantitative estimate of drug-likeness (QED) is 0.548. The fraction of sp³-hybridized carbons (Fsp3) is 0.500. The summed E-state index contributed by atoms with van der Waals surface area (Å²) in [7, 11) is -3.62. The average molecular weight is 363 g/mol. The van der Waals surface area contributed by atoms with Gasteiger partial charge in [-0.1, -0.05) is 50.2 Å². The van der Waals surface area contributed by atoms with Crippen molar-refractivity contribution in [2.24, 2.45) is 0 Å². The van der Waals surface area contributed by atoms with Crippen LogP contribution >= 0.6 is 0 Å². The van der Waals surface area contributed by atoms with Crippen LogP contribution in [0.25, 0.3) is 4.91 Å². The largest absolute Gasteiger partial charge is 0.244 e. The average Bonchev–Trinajstić information content (AvgIpc) is 2.63. The maximum absolute atomic E-state index is 13.2. The predicted molar refractivity (Wildman–Crippen MR) is 101 cm³/mol. The van der Waals surface area contributed by atoms with E-state index >= 15 is 0 Å². The molecule has 1 aromatic rings. The van der Waals surface area contributed by atoms with E-state index in [1.807, 2.05) is 0 Å². The first-order chi connectivity index (χ1) is 12.1. The summed E-state index contributed by atoms with van der Waals surface area (Å²) in [6, 6.07) is 5.57. The Hall–Kier alpha value is -1.64. The summed E-state index contributed by atoms with van der Waals surface area (Å²) >= 11 is 0. The molecule has 1 aliphatic rings. The second-order valence-corrected chi connectivity index (χ2v) is 8.16. The summed E-state index contributed by atoms with van der Waals surface area (Å²) in [5.74, 6) is 5.53. The number of halogens is 1. The van der Waals surface area contributed by atoms with Gasteiger partial charge in [0, 0.05) is 25.6 Å². The number of allylic oxidation sites excluding steroid dienone is 1. The Balaban J connectivity index is 2.29. The minimum atomic E-state index is -3.62. The van der Waals surface area contributed by atoms with E-state index < -0.39 is 10.0 Å². The van der Waals surface area contributed by atoms with Crippen molar-refractivity contribution in [3.63, 3.8) is 0 Å². The summed E-state index contributed by atoms with van der Waals surface area (Å²) in [5.41, 5.74) is 0.481. The lowest BCUT2D eigenvalue weighted by molar-refractivity contribution is 0.351. The van der Waals surface area contributed by atoms with Crippen LogP contribution in [0, 0.1) is 17.7 Å². The van der Waals surface area contributed by atoms with E-state index in [-0.39, 0.29) is 10.7 Å². The highest BCUT2D eigenvalue weighted by Gasteiger charge is 2.28. The summed E-state index contributed by atoms with van der Waals surface area (Å²) in [5, 5.41) is 0. The van der Waals surface area contributed by atoms with Crippen molar-refractivity contribution in [3.05, 3.63) is 41.7 Å². The minimum absolute atomic E-state index is 0.164. The second-order valence-electron chi connectivity index (χ2n) is 6.26. The molecule has 136 valence electrons. The van der Waals surface area contributed by atoms with E-state index in [0.717, 1.165) is 44.9 Å². The van der Waals surface area contributed by atoms with Gasteiger partial charge in [-0.3, -0.25) is 0 Å². The van der Waals surface area contributed by atoms with E-state index in [0.29, 0.717) is 18.7 Å². The van der Waals surface area contributed by atoms with Gasteiger partial charge >= 0.3 is 0 Å². The maximum atomic E-state index is 13.2. The van der Waals surface area contributed by atoms with Crippen molar-refractivity contribution in [1.29, 1.82) is 0 Å². The third kappa shape index (κ3) is 5.69. The Morgan fingerprint density at radius 3 is 2.48 bits per heavy atom. The van der Waals surface area contributed by atoms with E-state index in [1.54, 1.807) is 0 Å². The first kappa shape index (κ1) is 19.7. The van der Waals surface area contributed by atoms with Crippen LogP contribution in [0.5, 0.6) is 0 Å². The highest BCUT2D eigenvalue weighted by molar-refractivity contribution is 7.98. The van der Waals surface area contributed by atoms with Gasteiger partial charge in [0.05, 0.1) is 4.91 Å². The molecule has 1 aliphatic heterocycles. The number of rotatable bonds is 6. The SMILES string of the molecule is CCCCCC#C/C=C(\c1ccc(F)cc1)S(=O)(=O)N1CCCCC1. The highest BCUT2D eigenvalue weighted by atomic mass is 32.2. The van der Waals surface area contributed by atoms with Gasteiger partial charge in [0.1, 0.15) is 5.82 Å². The lowest BCUT2D eigenvalue weighted by Crippen LogP contribution is -2.35. The molecule has 1 fully saturated rings. The molecule has 1 saturated heterocycles. The van der Waals surface area contributed by atoms with Gasteiger partial charge in [-0.05, 0) is 37.0 Å². The Morgan fingerprint density at radius 1 is 1.16 bits per heavy atom. The highest BCUT2D eigenvalue weighted by Crippen LogP contribution is 2.27. The van der Waals surface area contributed by atoms with Crippen molar-refractivity contribution < 1.29 is 12.8 Å². The topological polar surface area (TPSA) is 37.4 Å². The Kier molecular flexibility index (Phi) is 7.67. The molecule has 0 amide bonds. The van der Waals surface area contributed by atoms with Crippen molar-refractivity contribution in [2.45, 2.75) is 51.9 Å². The van der Waals surface area contributed by atoms with E-state index in [1.165, 1.54) is 34.6 Å². The molecule has 1 aromatic carbocycles. The van der Waals surface area contributed by atoms with Crippen LogP contribution in [0.15, 0.2) is 30.3 Å². The number of nitrogens with zero attached hydrogens (tertiary/aromatic N) is 1. The fourth-order valence-corrected chi connectivity index (χ4v) is 4.48. The standard InChI is InChI=1S/C20H26FNO2S/c1-2-3-4-5-6-8-11-20(18-12-14-19(21)15-13-18)25(23,24)22-16-9-7-10-17-22/h11-15H,2-5,7,9-10,16-17H2,1H3/b20-11+. The molecule has 0 radical (unpaired) electrons. The molecule has 0 aliphatic carbocycles. The molecule has 0 N–H and O–H groups in total. The van der Waals surface area contributed by atoms with Crippen molar-refractivity contribution in [1.82, 2.24) is 4.31 Å². The predicted octanol–water partition coefficient (Wildman–Crippen LogP) is 4.57.